The third-order valence-electron chi connectivity index (χ3n) is 5.90. The molecule has 2 fully saturated rings. The minimum atomic E-state index is -0.0778. The summed E-state index contributed by atoms with van der Waals surface area (Å²) in [6.45, 7) is 3.04. The molecular weight excluding hydrogens is 378 g/mol. The Morgan fingerprint density at radius 3 is 2.38 bits per heavy atom. The molecule has 0 radical (unpaired) electrons. The van der Waals surface area contributed by atoms with Crippen molar-refractivity contribution in [3.05, 3.63) is 60.2 Å². The molecule has 0 aromatic heterocycles. The number of nitrogens with one attached hydrogen (secondary N) is 2. The molecule has 1 saturated carbocycles. The Kier molecular flexibility index (Phi) is 7.12. The van der Waals surface area contributed by atoms with E-state index >= 15 is 0 Å². The number of anilines is 1. The number of hydrogen-bond donors (Lipinski definition) is 2. The van der Waals surface area contributed by atoms with Gasteiger partial charge in [-0.25, -0.2) is 4.79 Å². The number of likely N-dealkylation sites (tertiary alicyclic amines) is 1. The number of benzene rings is 2. The van der Waals surface area contributed by atoms with Gasteiger partial charge in [0.05, 0.1) is 5.69 Å². The molecule has 2 amide bonds. The van der Waals surface area contributed by atoms with Crippen molar-refractivity contribution in [2.75, 3.05) is 18.4 Å². The number of rotatable bonds is 6. The first-order valence-corrected chi connectivity index (χ1v) is 11.7. The summed E-state index contributed by atoms with van der Waals surface area (Å²) >= 11 is 1.92. The lowest BCUT2D eigenvalue weighted by Gasteiger charge is -2.32. The Morgan fingerprint density at radius 1 is 0.931 bits per heavy atom. The molecule has 5 heteroatoms. The van der Waals surface area contributed by atoms with E-state index in [1.807, 2.05) is 23.9 Å². The van der Waals surface area contributed by atoms with Gasteiger partial charge in [-0.3, -0.25) is 4.90 Å². The van der Waals surface area contributed by atoms with Gasteiger partial charge in [0.2, 0.25) is 0 Å². The smallest absolute Gasteiger partial charge is 0.319 e. The lowest BCUT2D eigenvalue weighted by molar-refractivity contribution is 0.190. The van der Waals surface area contributed by atoms with Crippen molar-refractivity contribution in [3.63, 3.8) is 0 Å². The van der Waals surface area contributed by atoms with Crippen molar-refractivity contribution in [1.82, 2.24) is 10.2 Å². The van der Waals surface area contributed by atoms with Gasteiger partial charge >= 0.3 is 6.03 Å². The Morgan fingerprint density at radius 2 is 1.62 bits per heavy atom. The van der Waals surface area contributed by atoms with Crippen molar-refractivity contribution in [2.24, 2.45) is 0 Å². The standard InChI is InChI=1S/C24H31N3OS/c28-24(26-22-12-6-7-13-23(22)29-21-10-4-5-11-21)25-20-14-16-27(17-15-20)18-19-8-2-1-3-9-19/h1-3,6-9,12-13,20-21H,4-5,10-11,14-18H2,(H2,25,26,28). The monoisotopic (exact) mass is 409 g/mol. The fourth-order valence-electron chi connectivity index (χ4n) is 4.28. The summed E-state index contributed by atoms with van der Waals surface area (Å²) in [6.07, 6.45) is 7.23. The van der Waals surface area contributed by atoms with Gasteiger partial charge in [0.25, 0.3) is 0 Å². The van der Waals surface area contributed by atoms with Crippen LogP contribution in [0.15, 0.2) is 59.5 Å². The van der Waals surface area contributed by atoms with E-state index in [1.165, 1.54) is 36.1 Å². The van der Waals surface area contributed by atoms with E-state index in [9.17, 15) is 4.79 Å². The van der Waals surface area contributed by atoms with E-state index in [-0.39, 0.29) is 12.1 Å². The maximum Gasteiger partial charge on any atom is 0.319 e. The SMILES string of the molecule is O=C(Nc1ccccc1SC1CCCC1)NC1CCN(Cc2ccccc2)CC1. The summed E-state index contributed by atoms with van der Waals surface area (Å²) in [7, 11) is 0. The molecule has 0 bridgehead atoms. The predicted octanol–water partition coefficient (Wildman–Crippen LogP) is 5.51. The van der Waals surface area contributed by atoms with Crippen LogP contribution in [0.2, 0.25) is 0 Å². The molecule has 2 aliphatic rings. The largest absolute Gasteiger partial charge is 0.335 e. The molecule has 29 heavy (non-hydrogen) atoms. The summed E-state index contributed by atoms with van der Waals surface area (Å²) in [4.78, 5) is 16.3. The van der Waals surface area contributed by atoms with Gasteiger partial charge in [-0.2, -0.15) is 0 Å². The molecule has 4 nitrogen and oxygen atoms in total. The number of carbonyl (C=O) groups excluding carboxylic acids is 1. The van der Waals surface area contributed by atoms with Crippen LogP contribution >= 0.6 is 11.8 Å². The van der Waals surface area contributed by atoms with Crippen molar-refractivity contribution in [1.29, 1.82) is 0 Å². The zero-order chi connectivity index (χ0) is 19.9. The van der Waals surface area contributed by atoms with Crippen LogP contribution in [0.25, 0.3) is 0 Å². The molecule has 2 N–H and O–H groups in total. The normalized spacial score (nSPS) is 18.6. The summed E-state index contributed by atoms with van der Waals surface area (Å²) in [6, 6.07) is 19.0. The Balaban J connectivity index is 1.24. The maximum absolute atomic E-state index is 12.6. The van der Waals surface area contributed by atoms with Crippen LogP contribution in [0.1, 0.15) is 44.1 Å². The van der Waals surface area contributed by atoms with Gasteiger partial charge in [-0.05, 0) is 43.4 Å². The molecule has 1 aliphatic heterocycles. The number of para-hydroxylation sites is 1. The number of nitrogens with zero attached hydrogens (tertiary/aromatic N) is 1. The van der Waals surface area contributed by atoms with E-state index < -0.39 is 0 Å². The minimum absolute atomic E-state index is 0.0778. The zero-order valence-corrected chi connectivity index (χ0v) is 17.8. The molecule has 4 rings (SSSR count). The van der Waals surface area contributed by atoms with Gasteiger partial charge < -0.3 is 10.6 Å². The lowest BCUT2D eigenvalue weighted by atomic mass is 10.0. The molecule has 154 valence electrons. The molecule has 1 saturated heterocycles. The zero-order valence-electron chi connectivity index (χ0n) is 17.0. The molecule has 1 heterocycles. The van der Waals surface area contributed by atoms with E-state index in [1.54, 1.807) is 0 Å². The Bertz CT molecular complexity index is 784. The lowest BCUT2D eigenvalue weighted by Crippen LogP contribution is -2.45. The summed E-state index contributed by atoms with van der Waals surface area (Å²) in [5, 5.41) is 6.97. The first-order chi connectivity index (χ1) is 14.3. The summed E-state index contributed by atoms with van der Waals surface area (Å²) < 4.78 is 0. The van der Waals surface area contributed by atoms with Crippen LogP contribution in [0.4, 0.5) is 10.5 Å². The maximum atomic E-state index is 12.6. The first kappa shape index (κ1) is 20.3. The highest BCUT2D eigenvalue weighted by atomic mass is 32.2. The number of amides is 2. The number of carbonyl (C=O) groups is 1. The molecule has 2 aromatic carbocycles. The second-order valence-corrected chi connectivity index (χ2v) is 9.50. The van der Waals surface area contributed by atoms with E-state index in [2.05, 4.69) is 58.0 Å². The highest BCUT2D eigenvalue weighted by Crippen LogP contribution is 2.38. The van der Waals surface area contributed by atoms with Crippen molar-refractivity contribution >= 4 is 23.5 Å². The summed E-state index contributed by atoms with van der Waals surface area (Å²) in [5.41, 5.74) is 2.29. The van der Waals surface area contributed by atoms with Crippen LogP contribution in [0.3, 0.4) is 0 Å². The average molecular weight is 410 g/mol. The van der Waals surface area contributed by atoms with E-state index in [0.717, 1.165) is 38.2 Å². The van der Waals surface area contributed by atoms with Crippen LogP contribution in [-0.2, 0) is 6.54 Å². The number of hydrogen-bond acceptors (Lipinski definition) is 3. The number of piperidine rings is 1. The van der Waals surface area contributed by atoms with Crippen LogP contribution < -0.4 is 10.6 Å². The molecular formula is C24H31N3OS. The van der Waals surface area contributed by atoms with Gasteiger partial charge in [0.1, 0.15) is 0 Å². The minimum Gasteiger partial charge on any atom is -0.335 e. The van der Waals surface area contributed by atoms with Crippen LogP contribution in [0.5, 0.6) is 0 Å². The second kappa shape index (κ2) is 10.2. The second-order valence-electron chi connectivity index (χ2n) is 8.15. The molecule has 0 unspecified atom stereocenters. The topological polar surface area (TPSA) is 44.4 Å². The summed E-state index contributed by atoms with van der Waals surface area (Å²) in [5.74, 6) is 0. The average Bonchev–Trinajstić information content (AvgIpc) is 3.25. The van der Waals surface area contributed by atoms with Gasteiger partial charge in [-0.15, -0.1) is 11.8 Å². The predicted molar refractivity (Wildman–Crippen MR) is 121 cm³/mol. The van der Waals surface area contributed by atoms with Crippen molar-refractivity contribution in [3.8, 4) is 0 Å². The van der Waals surface area contributed by atoms with Crippen molar-refractivity contribution in [2.45, 2.75) is 61.3 Å². The fourth-order valence-corrected chi connectivity index (χ4v) is 5.61. The van der Waals surface area contributed by atoms with Gasteiger partial charge in [-0.1, -0.05) is 55.3 Å². The number of thioether (sulfide) groups is 1. The third kappa shape index (κ3) is 6.00. The quantitative estimate of drug-likeness (QED) is 0.661. The highest BCUT2D eigenvalue weighted by Gasteiger charge is 2.22. The van der Waals surface area contributed by atoms with Gasteiger partial charge in [0, 0.05) is 35.8 Å². The Hall–Kier alpha value is -1.98. The molecule has 2 aromatic rings. The van der Waals surface area contributed by atoms with Crippen LogP contribution in [0, 0.1) is 0 Å². The molecule has 0 spiro atoms. The third-order valence-corrected chi connectivity index (χ3v) is 7.32. The van der Waals surface area contributed by atoms with E-state index in [4.69, 9.17) is 0 Å². The number of urea groups is 1. The highest BCUT2D eigenvalue weighted by molar-refractivity contribution is 8.00. The molecule has 1 aliphatic carbocycles. The van der Waals surface area contributed by atoms with E-state index in [0.29, 0.717) is 5.25 Å². The molecule has 0 atom stereocenters. The van der Waals surface area contributed by atoms with Crippen molar-refractivity contribution < 1.29 is 4.79 Å². The van der Waals surface area contributed by atoms with Gasteiger partial charge in [0.15, 0.2) is 0 Å². The Labute approximate surface area is 178 Å². The van der Waals surface area contributed by atoms with Crippen LogP contribution in [-0.4, -0.2) is 35.3 Å². The fraction of sp³-hybridized carbons (Fsp3) is 0.458. The first-order valence-electron chi connectivity index (χ1n) is 10.9.